The standard InChI is InChI=1S/C41H76NO10P/c1-3-5-7-9-11-13-15-17-18-19-20-21-23-24-26-28-30-32-39(43)49-34-37(35-50-53(47,48)51-36-38(42)41(45)46)52-40(44)33-31-29-27-25-22-16-14-12-10-8-6-4-2/h12,14,17-18,37-38H,3-11,13,15-16,19-36,42H2,1-2H3,(H,45,46)(H,47,48)/b14-12+,18-17+/t37-,38+/m0/s1. The van der Waals surface area contributed by atoms with Gasteiger partial charge in [-0.2, -0.15) is 0 Å². The number of allylic oxidation sites excluding steroid dienone is 4. The largest absolute Gasteiger partial charge is 0.480 e. The van der Waals surface area contributed by atoms with Crippen LogP contribution in [0.5, 0.6) is 0 Å². The molecule has 0 bridgehead atoms. The summed E-state index contributed by atoms with van der Waals surface area (Å²) in [5.74, 6) is -2.39. The van der Waals surface area contributed by atoms with E-state index in [4.69, 9.17) is 24.8 Å². The first-order chi connectivity index (χ1) is 25.6. The molecule has 11 nitrogen and oxygen atoms in total. The van der Waals surface area contributed by atoms with Crippen molar-refractivity contribution in [3.8, 4) is 0 Å². The minimum atomic E-state index is -4.71. The Balaban J connectivity index is 4.37. The average molecular weight is 774 g/mol. The molecule has 0 fully saturated rings. The number of unbranched alkanes of at least 4 members (excludes halogenated alkanes) is 21. The number of carboxylic acids is 1. The van der Waals surface area contributed by atoms with Gasteiger partial charge in [0.1, 0.15) is 12.6 Å². The molecule has 53 heavy (non-hydrogen) atoms. The van der Waals surface area contributed by atoms with Crippen LogP contribution in [-0.4, -0.2) is 59.9 Å². The third-order valence-electron chi connectivity index (χ3n) is 8.92. The number of carboxylic acid groups (broad SMARTS) is 1. The van der Waals surface area contributed by atoms with Crippen molar-refractivity contribution in [2.45, 2.75) is 199 Å². The lowest BCUT2D eigenvalue weighted by Crippen LogP contribution is -2.34. The first kappa shape index (κ1) is 51.0. The fraction of sp³-hybridized carbons (Fsp3) is 0.829. The second-order valence-corrected chi connectivity index (χ2v) is 15.6. The Morgan fingerprint density at radius 1 is 0.566 bits per heavy atom. The average Bonchev–Trinajstić information content (AvgIpc) is 3.13. The minimum Gasteiger partial charge on any atom is -0.480 e. The van der Waals surface area contributed by atoms with Gasteiger partial charge in [-0.1, -0.05) is 134 Å². The van der Waals surface area contributed by atoms with Crippen molar-refractivity contribution in [3.05, 3.63) is 24.3 Å². The Morgan fingerprint density at radius 2 is 0.943 bits per heavy atom. The Kier molecular flexibility index (Phi) is 35.5. The highest BCUT2D eigenvalue weighted by atomic mass is 31.2. The lowest BCUT2D eigenvalue weighted by molar-refractivity contribution is -0.161. The molecule has 4 N–H and O–H groups in total. The van der Waals surface area contributed by atoms with Crippen LogP contribution in [0, 0.1) is 0 Å². The molecule has 310 valence electrons. The summed E-state index contributed by atoms with van der Waals surface area (Å²) in [6.45, 7) is 2.76. The zero-order valence-corrected chi connectivity index (χ0v) is 34.3. The van der Waals surface area contributed by atoms with E-state index in [1.165, 1.54) is 83.5 Å². The van der Waals surface area contributed by atoms with Crippen LogP contribution in [0.25, 0.3) is 0 Å². The van der Waals surface area contributed by atoms with Gasteiger partial charge >= 0.3 is 25.7 Å². The van der Waals surface area contributed by atoms with Gasteiger partial charge in [0, 0.05) is 12.8 Å². The summed E-state index contributed by atoms with van der Waals surface area (Å²) in [4.78, 5) is 45.8. The number of phosphoric acid groups is 1. The van der Waals surface area contributed by atoms with Crippen molar-refractivity contribution in [1.82, 2.24) is 0 Å². The lowest BCUT2D eigenvalue weighted by Gasteiger charge is -2.20. The van der Waals surface area contributed by atoms with Gasteiger partial charge in [0.2, 0.25) is 0 Å². The third-order valence-corrected chi connectivity index (χ3v) is 9.87. The van der Waals surface area contributed by atoms with E-state index in [1.807, 2.05) is 0 Å². The van der Waals surface area contributed by atoms with Gasteiger partial charge in [-0.15, -0.1) is 0 Å². The van der Waals surface area contributed by atoms with E-state index >= 15 is 0 Å². The van der Waals surface area contributed by atoms with E-state index in [-0.39, 0.29) is 19.4 Å². The van der Waals surface area contributed by atoms with E-state index in [0.29, 0.717) is 12.8 Å². The number of hydrogen-bond acceptors (Lipinski definition) is 9. The first-order valence-corrected chi connectivity index (χ1v) is 22.4. The van der Waals surface area contributed by atoms with Gasteiger partial charge in [-0.25, -0.2) is 4.57 Å². The molecule has 0 rings (SSSR count). The van der Waals surface area contributed by atoms with Gasteiger partial charge < -0.3 is 25.2 Å². The number of carbonyl (C=O) groups excluding carboxylic acids is 2. The summed E-state index contributed by atoms with van der Waals surface area (Å²) >= 11 is 0. The molecule has 0 spiro atoms. The van der Waals surface area contributed by atoms with Crippen molar-refractivity contribution in [1.29, 1.82) is 0 Å². The Hall–Kier alpha value is -2.04. The van der Waals surface area contributed by atoms with E-state index in [9.17, 15) is 23.8 Å². The Morgan fingerprint density at radius 3 is 1.42 bits per heavy atom. The monoisotopic (exact) mass is 774 g/mol. The van der Waals surface area contributed by atoms with Gasteiger partial charge in [-0.3, -0.25) is 23.4 Å². The van der Waals surface area contributed by atoms with Crippen LogP contribution >= 0.6 is 7.82 Å². The van der Waals surface area contributed by atoms with Crippen molar-refractivity contribution in [2.24, 2.45) is 5.73 Å². The summed E-state index contributed by atoms with van der Waals surface area (Å²) in [5, 5.41) is 8.87. The Labute approximate surface area is 321 Å². The normalized spacial score (nSPS) is 14.0. The minimum absolute atomic E-state index is 0.151. The highest BCUT2D eigenvalue weighted by Gasteiger charge is 2.28. The van der Waals surface area contributed by atoms with Crippen LogP contribution in [0.1, 0.15) is 187 Å². The third kappa shape index (κ3) is 36.7. The van der Waals surface area contributed by atoms with E-state index in [0.717, 1.165) is 64.2 Å². The highest BCUT2D eigenvalue weighted by Crippen LogP contribution is 2.43. The van der Waals surface area contributed by atoms with Crippen molar-refractivity contribution >= 4 is 25.7 Å². The van der Waals surface area contributed by atoms with Gasteiger partial charge in [0.05, 0.1) is 13.2 Å². The van der Waals surface area contributed by atoms with Crippen molar-refractivity contribution < 1.29 is 47.5 Å². The number of aliphatic carboxylic acids is 1. The van der Waals surface area contributed by atoms with Gasteiger partial charge in [-0.05, 0) is 64.2 Å². The SMILES string of the molecule is CCCCC/C=C/CCCCCCCC(=O)O[C@@H](COC(=O)CCCCCCCCC/C=C/CCCCCCCC)COP(=O)(O)OC[C@@H](N)C(=O)O. The maximum Gasteiger partial charge on any atom is 0.472 e. The molecule has 0 radical (unpaired) electrons. The lowest BCUT2D eigenvalue weighted by atomic mass is 10.1. The molecule has 0 aromatic carbocycles. The number of esters is 2. The van der Waals surface area contributed by atoms with E-state index < -0.39 is 51.1 Å². The predicted molar refractivity (Wildman–Crippen MR) is 212 cm³/mol. The molecule has 12 heteroatoms. The van der Waals surface area contributed by atoms with Gasteiger partial charge in [0.25, 0.3) is 0 Å². The summed E-state index contributed by atoms with van der Waals surface area (Å²) in [7, 11) is -4.71. The number of ether oxygens (including phenoxy) is 2. The fourth-order valence-corrected chi connectivity index (χ4v) is 6.36. The molecule has 0 aliphatic rings. The number of nitrogens with two attached hydrogens (primary N) is 1. The molecular weight excluding hydrogens is 697 g/mol. The highest BCUT2D eigenvalue weighted by molar-refractivity contribution is 7.47. The molecule has 1 unspecified atom stereocenters. The smallest absolute Gasteiger partial charge is 0.472 e. The molecule has 0 saturated heterocycles. The summed E-state index contributed by atoms with van der Waals surface area (Å²) < 4.78 is 32.6. The molecule has 0 aromatic rings. The molecule has 0 saturated carbocycles. The van der Waals surface area contributed by atoms with E-state index in [1.54, 1.807) is 0 Å². The zero-order valence-electron chi connectivity index (χ0n) is 33.4. The zero-order chi connectivity index (χ0) is 39.3. The molecule has 0 aromatic heterocycles. The van der Waals surface area contributed by atoms with Crippen molar-refractivity contribution in [3.63, 3.8) is 0 Å². The fourth-order valence-electron chi connectivity index (χ4n) is 5.58. The topological polar surface area (TPSA) is 172 Å². The molecular formula is C41H76NO10P. The number of rotatable bonds is 39. The van der Waals surface area contributed by atoms with Crippen molar-refractivity contribution in [2.75, 3.05) is 19.8 Å². The number of hydrogen-bond donors (Lipinski definition) is 3. The first-order valence-electron chi connectivity index (χ1n) is 20.9. The van der Waals surface area contributed by atoms with Gasteiger partial charge in [0.15, 0.2) is 6.10 Å². The molecule has 0 heterocycles. The van der Waals surface area contributed by atoms with Crippen LogP contribution < -0.4 is 5.73 Å². The maximum absolute atomic E-state index is 12.6. The summed E-state index contributed by atoms with van der Waals surface area (Å²) in [5.41, 5.74) is 5.32. The maximum atomic E-state index is 12.6. The number of phosphoric ester groups is 1. The van der Waals surface area contributed by atoms with Crippen LogP contribution in [-0.2, 0) is 37.5 Å². The quantitative estimate of drug-likeness (QED) is 0.0235. The summed E-state index contributed by atoms with van der Waals surface area (Å²) in [6, 6.07) is -1.52. The second-order valence-electron chi connectivity index (χ2n) is 14.1. The van der Waals surface area contributed by atoms with Crippen LogP contribution in [0.4, 0.5) is 0 Å². The molecule has 0 amide bonds. The molecule has 0 aliphatic carbocycles. The van der Waals surface area contributed by atoms with Crippen LogP contribution in [0.2, 0.25) is 0 Å². The molecule has 0 aliphatic heterocycles. The van der Waals surface area contributed by atoms with Crippen LogP contribution in [0.15, 0.2) is 24.3 Å². The van der Waals surface area contributed by atoms with E-state index in [2.05, 4.69) is 42.7 Å². The number of carbonyl (C=O) groups is 3. The predicted octanol–water partition coefficient (Wildman–Crippen LogP) is 10.7. The summed E-state index contributed by atoms with van der Waals surface area (Å²) in [6.07, 6.45) is 36.7. The Bertz CT molecular complexity index is 1010. The molecule has 3 atom stereocenters. The van der Waals surface area contributed by atoms with Crippen LogP contribution in [0.3, 0.4) is 0 Å². The second kappa shape index (κ2) is 36.9.